The van der Waals surface area contributed by atoms with E-state index < -0.39 is 41.5 Å². The molecule has 4 amide bonds. The first-order chi connectivity index (χ1) is 18.2. The molecule has 0 saturated carbocycles. The van der Waals surface area contributed by atoms with E-state index in [9.17, 15) is 19.2 Å². The van der Waals surface area contributed by atoms with E-state index in [-0.39, 0.29) is 19.4 Å². The fraction of sp³-hybridized carbons (Fsp3) is 0.400. The standard InChI is InChI=1S/C30H40N4O5/c1-8-15-34(28(37)24(13-14-25(31)35)33-29(38)39-30(5,6)7)26(22-17-19(2)16-20(3)18-22)27(36)32-23-12-10-9-11-21(23)4/h8-12,16-18,24,26H,1,13-15H2,2-7H3,(H2,31,35)(H,32,36)(H,33,38). The Balaban J connectivity index is 2.57. The minimum Gasteiger partial charge on any atom is -0.444 e. The normalized spacial score (nSPS) is 12.6. The number of primary amides is 1. The summed E-state index contributed by atoms with van der Waals surface area (Å²) in [5, 5.41) is 5.52. The van der Waals surface area contributed by atoms with E-state index in [1.54, 1.807) is 26.8 Å². The van der Waals surface area contributed by atoms with Gasteiger partial charge in [0.15, 0.2) is 0 Å². The molecule has 2 unspecified atom stereocenters. The van der Waals surface area contributed by atoms with Crippen molar-refractivity contribution in [1.29, 1.82) is 0 Å². The van der Waals surface area contributed by atoms with Gasteiger partial charge in [0.25, 0.3) is 5.91 Å². The lowest BCUT2D eigenvalue weighted by Gasteiger charge is -2.34. The molecule has 4 N–H and O–H groups in total. The average Bonchev–Trinajstić information content (AvgIpc) is 2.80. The van der Waals surface area contributed by atoms with Crippen molar-refractivity contribution in [3.8, 4) is 0 Å². The Morgan fingerprint density at radius 3 is 2.21 bits per heavy atom. The van der Waals surface area contributed by atoms with Crippen LogP contribution in [0.4, 0.5) is 10.5 Å². The fourth-order valence-corrected chi connectivity index (χ4v) is 4.21. The van der Waals surface area contributed by atoms with E-state index in [1.165, 1.54) is 11.0 Å². The summed E-state index contributed by atoms with van der Waals surface area (Å²) in [5.41, 5.74) is 8.45. The lowest BCUT2D eigenvalue weighted by molar-refractivity contribution is -0.140. The Hall–Kier alpha value is -4.14. The van der Waals surface area contributed by atoms with Crippen molar-refractivity contribution in [3.63, 3.8) is 0 Å². The molecule has 0 saturated heterocycles. The number of carbonyl (C=O) groups is 4. The maximum Gasteiger partial charge on any atom is 0.408 e. The van der Waals surface area contributed by atoms with Crippen molar-refractivity contribution in [3.05, 3.63) is 77.4 Å². The minimum absolute atomic E-state index is 0.000745. The SMILES string of the molecule is C=CCN(C(=O)C(CCC(N)=O)NC(=O)OC(C)(C)C)C(C(=O)Nc1ccccc1C)c1cc(C)cc(C)c1. The molecule has 0 heterocycles. The molecule has 2 aromatic carbocycles. The van der Waals surface area contributed by atoms with Gasteiger partial charge < -0.3 is 26.0 Å². The van der Waals surface area contributed by atoms with Gasteiger partial charge in [-0.05, 0) is 65.2 Å². The highest BCUT2D eigenvalue weighted by atomic mass is 16.6. The number of carbonyl (C=O) groups excluding carboxylic acids is 4. The molecular weight excluding hydrogens is 496 g/mol. The second kappa shape index (κ2) is 13.6. The molecule has 0 radical (unpaired) electrons. The summed E-state index contributed by atoms with van der Waals surface area (Å²) < 4.78 is 5.34. The largest absolute Gasteiger partial charge is 0.444 e. The summed E-state index contributed by atoms with van der Waals surface area (Å²) in [6.45, 7) is 14.6. The van der Waals surface area contributed by atoms with Crippen molar-refractivity contribution in [2.75, 3.05) is 11.9 Å². The van der Waals surface area contributed by atoms with Crippen LogP contribution >= 0.6 is 0 Å². The van der Waals surface area contributed by atoms with Gasteiger partial charge in [0.1, 0.15) is 17.7 Å². The summed E-state index contributed by atoms with van der Waals surface area (Å²) in [4.78, 5) is 53.5. The van der Waals surface area contributed by atoms with Crippen molar-refractivity contribution in [1.82, 2.24) is 10.2 Å². The molecule has 0 aromatic heterocycles. The first-order valence-corrected chi connectivity index (χ1v) is 12.9. The Morgan fingerprint density at radius 2 is 1.67 bits per heavy atom. The Kier molecular flexibility index (Phi) is 10.8. The lowest BCUT2D eigenvalue weighted by Crippen LogP contribution is -2.52. The van der Waals surface area contributed by atoms with Crippen LogP contribution in [0.15, 0.2) is 55.1 Å². The van der Waals surface area contributed by atoms with Crippen molar-refractivity contribution in [2.24, 2.45) is 5.73 Å². The first-order valence-electron chi connectivity index (χ1n) is 12.9. The fourth-order valence-electron chi connectivity index (χ4n) is 4.21. The van der Waals surface area contributed by atoms with Crippen LogP contribution in [0.2, 0.25) is 0 Å². The number of para-hydroxylation sites is 1. The van der Waals surface area contributed by atoms with Gasteiger partial charge in [-0.15, -0.1) is 6.58 Å². The highest BCUT2D eigenvalue weighted by Gasteiger charge is 2.36. The van der Waals surface area contributed by atoms with Gasteiger partial charge in [-0.25, -0.2) is 4.79 Å². The van der Waals surface area contributed by atoms with Gasteiger partial charge in [0, 0.05) is 18.7 Å². The van der Waals surface area contributed by atoms with Gasteiger partial charge in [-0.2, -0.15) is 0 Å². The van der Waals surface area contributed by atoms with Crippen molar-refractivity contribution >= 4 is 29.5 Å². The van der Waals surface area contributed by atoms with E-state index in [1.807, 2.05) is 57.2 Å². The second-order valence-corrected chi connectivity index (χ2v) is 10.6. The zero-order valence-corrected chi connectivity index (χ0v) is 23.7. The quantitative estimate of drug-likeness (QED) is 0.365. The summed E-state index contributed by atoms with van der Waals surface area (Å²) in [6.07, 6.45) is 0.460. The van der Waals surface area contributed by atoms with Crippen LogP contribution in [0.1, 0.15) is 61.9 Å². The highest BCUT2D eigenvalue weighted by Crippen LogP contribution is 2.27. The predicted molar refractivity (Wildman–Crippen MR) is 152 cm³/mol. The molecule has 2 atom stereocenters. The number of ether oxygens (including phenoxy) is 1. The minimum atomic E-state index is -1.17. The molecule has 9 nitrogen and oxygen atoms in total. The van der Waals surface area contributed by atoms with E-state index in [0.717, 1.165) is 16.7 Å². The summed E-state index contributed by atoms with van der Waals surface area (Å²) >= 11 is 0. The molecular formula is C30H40N4O5. The number of amides is 4. The van der Waals surface area contributed by atoms with Gasteiger partial charge in [0.05, 0.1) is 0 Å². The zero-order chi connectivity index (χ0) is 29.3. The lowest BCUT2D eigenvalue weighted by atomic mass is 9.97. The number of rotatable bonds is 11. The van der Waals surface area contributed by atoms with Crippen molar-refractivity contribution in [2.45, 2.75) is 72.1 Å². The molecule has 9 heteroatoms. The summed E-state index contributed by atoms with van der Waals surface area (Å²) in [5.74, 6) is -1.64. The van der Waals surface area contributed by atoms with Crippen LogP contribution < -0.4 is 16.4 Å². The van der Waals surface area contributed by atoms with Crippen LogP contribution in [0, 0.1) is 20.8 Å². The third kappa shape index (κ3) is 9.59. The number of nitrogens with zero attached hydrogens (tertiary/aromatic N) is 1. The highest BCUT2D eigenvalue weighted by molar-refractivity contribution is 5.99. The smallest absolute Gasteiger partial charge is 0.408 e. The number of hydrogen-bond donors (Lipinski definition) is 3. The molecule has 0 aliphatic carbocycles. The average molecular weight is 537 g/mol. The maximum absolute atomic E-state index is 14.0. The van der Waals surface area contributed by atoms with Crippen LogP contribution in [0.3, 0.4) is 0 Å². The molecule has 0 aliphatic rings. The number of nitrogens with two attached hydrogens (primary N) is 1. The van der Waals surface area contributed by atoms with Gasteiger partial charge in [-0.1, -0.05) is 53.6 Å². The van der Waals surface area contributed by atoms with Crippen LogP contribution in [0.5, 0.6) is 0 Å². The topological polar surface area (TPSA) is 131 Å². The third-order valence-corrected chi connectivity index (χ3v) is 5.80. The molecule has 0 spiro atoms. The molecule has 0 fully saturated rings. The zero-order valence-electron chi connectivity index (χ0n) is 23.7. The molecule has 39 heavy (non-hydrogen) atoms. The van der Waals surface area contributed by atoms with E-state index in [4.69, 9.17) is 10.5 Å². The molecule has 2 rings (SSSR count). The number of aryl methyl sites for hydroxylation is 3. The van der Waals surface area contributed by atoms with E-state index in [0.29, 0.717) is 11.3 Å². The number of hydrogen-bond acceptors (Lipinski definition) is 5. The Bertz CT molecular complexity index is 1200. The van der Waals surface area contributed by atoms with Crippen LogP contribution in [0.25, 0.3) is 0 Å². The van der Waals surface area contributed by atoms with E-state index >= 15 is 0 Å². The number of nitrogens with one attached hydrogen (secondary N) is 2. The molecule has 0 bridgehead atoms. The van der Waals surface area contributed by atoms with Gasteiger partial charge in [0.2, 0.25) is 11.8 Å². The monoisotopic (exact) mass is 536 g/mol. The van der Waals surface area contributed by atoms with Gasteiger partial charge in [-0.3, -0.25) is 14.4 Å². The third-order valence-electron chi connectivity index (χ3n) is 5.80. The van der Waals surface area contributed by atoms with Crippen molar-refractivity contribution < 1.29 is 23.9 Å². The Labute approximate surface area is 230 Å². The Morgan fingerprint density at radius 1 is 1.05 bits per heavy atom. The number of benzene rings is 2. The molecule has 210 valence electrons. The maximum atomic E-state index is 14.0. The number of alkyl carbamates (subject to hydrolysis) is 1. The summed E-state index contributed by atoms with van der Waals surface area (Å²) in [7, 11) is 0. The molecule has 0 aliphatic heterocycles. The number of anilines is 1. The second-order valence-electron chi connectivity index (χ2n) is 10.6. The predicted octanol–water partition coefficient (Wildman–Crippen LogP) is 4.47. The molecule has 2 aromatic rings. The first kappa shape index (κ1) is 31.1. The summed E-state index contributed by atoms with van der Waals surface area (Å²) in [6, 6.07) is 10.8. The van der Waals surface area contributed by atoms with Crippen LogP contribution in [-0.4, -0.2) is 46.9 Å². The van der Waals surface area contributed by atoms with Gasteiger partial charge >= 0.3 is 6.09 Å². The van der Waals surface area contributed by atoms with Crippen LogP contribution in [-0.2, 0) is 19.1 Å². The van der Waals surface area contributed by atoms with E-state index in [2.05, 4.69) is 17.2 Å².